The number of carbonyl (C=O) groups excluding carboxylic acids is 2. The van der Waals surface area contributed by atoms with Crippen LogP contribution >= 0.6 is 0 Å². The van der Waals surface area contributed by atoms with Crippen molar-refractivity contribution in [2.24, 2.45) is 5.11 Å². The fourth-order valence-corrected chi connectivity index (χ4v) is 4.06. The molecule has 1 atom stereocenters. The topological polar surface area (TPSA) is 113 Å². The molecular weight excluding hydrogens is 384 g/mol. The van der Waals surface area contributed by atoms with Gasteiger partial charge >= 0.3 is 5.97 Å². The third-order valence-corrected chi connectivity index (χ3v) is 5.18. The van der Waals surface area contributed by atoms with E-state index in [2.05, 4.69) is 15.3 Å². The molecule has 0 saturated carbocycles. The lowest BCUT2D eigenvalue weighted by molar-refractivity contribution is -0.114. The smallest absolute Gasteiger partial charge is 0.340 e. The number of amides is 1. The second-order valence-corrected chi connectivity index (χ2v) is 6.98. The van der Waals surface area contributed by atoms with Gasteiger partial charge in [0.1, 0.15) is 11.5 Å². The first kappa shape index (κ1) is 17.8. The van der Waals surface area contributed by atoms with Gasteiger partial charge < -0.3 is 14.8 Å². The largest absolute Gasteiger partial charge is 0.456 e. The lowest BCUT2D eigenvalue weighted by Gasteiger charge is -2.36. The molecule has 0 fully saturated rings. The first-order valence-electron chi connectivity index (χ1n) is 9.15. The number of hydrogen-bond donors (Lipinski definition) is 1. The summed E-state index contributed by atoms with van der Waals surface area (Å²) in [7, 11) is 0. The highest BCUT2D eigenvalue weighted by Gasteiger charge is 2.53. The Kier molecular flexibility index (Phi) is 3.77. The van der Waals surface area contributed by atoms with Crippen LogP contribution < -0.4 is 10.1 Å². The van der Waals surface area contributed by atoms with Crippen LogP contribution in [0.25, 0.3) is 10.4 Å². The molecule has 1 unspecified atom stereocenters. The first-order valence-corrected chi connectivity index (χ1v) is 9.15. The lowest BCUT2D eigenvalue weighted by Crippen LogP contribution is -2.33. The van der Waals surface area contributed by atoms with Gasteiger partial charge in [0.25, 0.3) is 0 Å². The van der Waals surface area contributed by atoms with E-state index in [1.807, 2.05) is 12.1 Å². The maximum absolute atomic E-state index is 12.8. The molecule has 30 heavy (non-hydrogen) atoms. The lowest BCUT2D eigenvalue weighted by atomic mass is 9.77. The van der Waals surface area contributed by atoms with Crippen LogP contribution in [0.15, 0.2) is 65.8 Å². The van der Waals surface area contributed by atoms with Crippen molar-refractivity contribution in [1.29, 1.82) is 0 Å². The van der Waals surface area contributed by atoms with Crippen LogP contribution in [-0.4, -0.2) is 11.9 Å². The number of ether oxygens (including phenoxy) is 2. The van der Waals surface area contributed by atoms with Crippen LogP contribution in [0, 0.1) is 0 Å². The minimum absolute atomic E-state index is 0.218. The molecule has 0 aromatic heterocycles. The summed E-state index contributed by atoms with van der Waals surface area (Å²) in [6.07, 6.45) is 0. The minimum Gasteiger partial charge on any atom is -0.456 e. The second kappa shape index (κ2) is 6.37. The Morgan fingerprint density at radius 2 is 1.77 bits per heavy atom. The molecule has 3 aromatic rings. The highest BCUT2D eigenvalue weighted by molar-refractivity contribution is 5.97. The van der Waals surface area contributed by atoms with Crippen LogP contribution in [0.1, 0.15) is 34.0 Å². The molecule has 3 aromatic carbocycles. The Bertz CT molecular complexity index is 1300. The fourth-order valence-electron chi connectivity index (χ4n) is 4.06. The molecule has 8 heteroatoms. The van der Waals surface area contributed by atoms with Gasteiger partial charge in [-0.25, -0.2) is 4.79 Å². The first-order chi connectivity index (χ1) is 14.5. The molecule has 5 rings (SSSR count). The van der Waals surface area contributed by atoms with E-state index in [1.54, 1.807) is 48.5 Å². The summed E-state index contributed by atoms with van der Waals surface area (Å²) in [6, 6.07) is 17.4. The van der Waals surface area contributed by atoms with Gasteiger partial charge in [-0.15, -0.1) is 0 Å². The Labute approximate surface area is 170 Å². The van der Waals surface area contributed by atoms with Gasteiger partial charge in [-0.3, -0.25) is 4.79 Å². The highest BCUT2D eigenvalue weighted by atomic mass is 16.6. The van der Waals surface area contributed by atoms with Crippen molar-refractivity contribution in [3.8, 4) is 11.5 Å². The van der Waals surface area contributed by atoms with Crippen LogP contribution in [0.4, 0.5) is 11.4 Å². The average Bonchev–Trinajstić information content (AvgIpc) is 3.01. The van der Waals surface area contributed by atoms with E-state index in [0.717, 1.165) is 0 Å². The van der Waals surface area contributed by atoms with E-state index in [9.17, 15) is 9.59 Å². The van der Waals surface area contributed by atoms with E-state index in [4.69, 9.17) is 15.0 Å². The van der Waals surface area contributed by atoms with Gasteiger partial charge in [0.05, 0.1) is 5.56 Å². The maximum Gasteiger partial charge on any atom is 0.340 e. The maximum atomic E-state index is 12.8. The van der Waals surface area contributed by atoms with E-state index >= 15 is 0 Å². The number of nitrogens with one attached hydrogen (secondary N) is 1. The molecule has 8 nitrogen and oxygen atoms in total. The van der Waals surface area contributed by atoms with E-state index in [-0.39, 0.29) is 5.91 Å². The Morgan fingerprint density at radius 3 is 2.53 bits per heavy atom. The Balaban J connectivity index is 1.80. The third kappa shape index (κ3) is 2.45. The van der Waals surface area contributed by atoms with Crippen molar-refractivity contribution in [3.63, 3.8) is 0 Å². The normalized spacial score (nSPS) is 17.7. The van der Waals surface area contributed by atoms with Crippen molar-refractivity contribution >= 4 is 23.3 Å². The fraction of sp³-hybridized carbons (Fsp3) is 0.0909. The van der Waals surface area contributed by atoms with Crippen LogP contribution in [0.3, 0.4) is 0 Å². The van der Waals surface area contributed by atoms with Gasteiger partial charge in [0.2, 0.25) is 5.91 Å². The van der Waals surface area contributed by atoms with Crippen LogP contribution in [0.2, 0.25) is 0 Å². The van der Waals surface area contributed by atoms with E-state index < -0.39 is 11.6 Å². The van der Waals surface area contributed by atoms with Crippen molar-refractivity contribution in [1.82, 2.24) is 0 Å². The Hall–Kier alpha value is -4.29. The predicted molar refractivity (Wildman–Crippen MR) is 108 cm³/mol. The summed E-state index contributed by atoms with van der Waals surface area (Å²) in [4.78, 5) is 27.1. The molecule has 2 heterocycles. The van der Waals surface area contributed by atoms with Crippen LogP contribution in [-0.2, 0) is 15.1 Å². The number of benzene rings is 3. The molecule has 146 valence electrons. The summed E-state index contributed by atoms with van der Waals surface area (Å²) in [5.41, 5.74) is 10.9. The zero-order chi connectivity index (χ0) is 20.9. The molecule has 0 saturated heterocycles. The molecule has 1 spiro atoms. The average molecular weight is 398 g/mol. The van der Waals surface area contributed by atoms with Gasteiger partial charge in [-0.1, -0.05) is 35.4 Å². The van der Waals surface area contributed by atoms with E-state index in [0.29, 0.717) is 45.1 Å². The van der Waals surface area contributed by atoms with Crippen molar-refractivity contribution in [2.75, 3.05) is 5.32 Å². The van der Waals surface area contributed by atoms with Crippen molar-refractivity contribution in [2.45, 2.75) is 12.5 Å². The number of hydrogen-bond acceptors (Lipinski definition) is 5. The number of fused-ring (bicyclic) bond motifs is 6. The number of carbonyl (C=O) groups is 2. The van der Waals surface area contributed by atoms with Gasteiger partial charge in [-0.05, 0) is 29.8 Å². The highest BCUT2D eigenvalue weighted by Crippen LogP contribution is 2.56. The minimum atomic E-state index is -1.21. The van der Waals surface area contributed by atoms with Crippen molar-refractivity contribution < 1.29 is 19.1 Å². The second-order valence-electron chi connectivity index (χ2n) is 6.98. The van der Waals surface area contributed by atoms with Gasteiger partial charge in [-0.2, -0.15) is 0 Å². The summed E-state index contributed by atoms with van der Waals surface area (Å²) in [5, 5.41) is 6.36. The summed E-state index contributed by atoms with van der Waals surface area (Å²) >= 11 is 0. The van der Waals surface area contributed by atoms with Crippen LogP contribution in [0.5, 0.6) is 11.5 Å². The molecule has 0 radical (unpaired) electrons. The molecule has 1 N–H and O–H groups in total. The number of rotatable bonds is 2. The summed E-state index contributed by atoms with van der Waals surface area (Å²) in [5.74, 6) is 0.173. The zero-order valence-corrected chi connectivity index (χ0v) is 15.7. The third-order valence-electron chi connectivity index (χ3n) is 5.18. The monoisotopic (exact) mass is 398 g/mol. The molecule has 2 aliphatic heterocycles. The van der Waals surface area contributed by atoms with Gasteiger partial charge in [0.15, 0.2) is 5.60 Å². The predicted octanol–water partition coefficient (Wildman–Crippen LogP) is 5.15. The molecule has 0 bridgehead atoms. The number of esters is 1. The SMILES string of the molecule is CC(=O)Nc1ccc2c(c1)Oc1cc(N=[N+]=[N-])ccc1C21OC(=O)c2ccccc21. The standard InChI is InChI=1S/C22H14N4O4/c1-12(27)24-13-6-8-17-19(10-13)29-20-11-14(25-26-23)7-9-18(20)22(17)16-5-3-2-4-15(16)21(28)30-22/h2-11H,1H3,(H,24,27). The number of nitrogens with zero attached hydrogens (tertiary/aromatic N) is 3. The molecule has 1 amide bonds. The van der Waals surface area contributed by atoms with Crippen molar-refractivity contribution in [3.05, 3.63) is 93.4 Å². The Morgan fingerprint density at radius 1 is 1.03 bits per heavy atom. The number of anilines is 1. The van der Waals surface area contributed by atoms with Gasteiger partial charge in [0, 0.05) is 46.0 Å². The molecule has 2 aliphatic rings. The quantitative estimate of drug-likeness (QED) is 0.278. The molecular formula is C22H14N4O4. The summed E-state index contributed by atoms with van der Waals surface area (Å²) in [6.45, 7) is 1.41. The zero-order valence-electron chi connectivity index (χ0n) is 15.7. The summed E-state index contributed by atoms with van der Waals surface area (Å²) < 4.78 is 12.1. The van der Waals surface area contributed by atoms with E-state index in [1.165, 1.54) is 6.92 Å². The molecule has 0 aliphatic carbocycles. The number of azide groups is 1.